The minimum Gasteiger partial charge on any atom is -0.495 e. The number of aldehydes is 1. The fraction of sp³-hybridized carbons (Fsp3) is 0.188. The number of aromatic nitrogens is 1. The topological polar surface area (TPSA) is 74.6 Å². The third-order valence-corrected chi connectivity index (χ3v) is 3.04. The highest BCUT2D eigenvalue weighted by atomic mass is 16.5. The van der Waals surface area contributed by atoms with E-state index in [9.17, 15) is 14.4 Å². The highest BCUT2D eigenvalue weighted by Gasteiger charge is 2.21. The Hall–Kier alpha value is -2.89. The van der Waals surface area contributed by atoms with Gasteiger partial charge in [0.2, 0.25) is 0 Å². The third-order valence-electron chi connectivity index (χ3n) is 3.04. The third kappa shape index (κ3) is 2.90. The summed E-state index contributed by atoms with van der Waals surface area (Å²) in [4.78, 5) is 34.7. The molecule has 1 heterocycles. The maximum Gasteiger partial charge on any atom is 0.379 e. The van der Waals surface area contributed by atoms with E-state index in [0.717, 1.165) is 0 Å². The monoisotopic (exact) mass is 301 g/mol. The second-order valence-corrected chi connectivity index (χ2v) is 4.36. The summed E-state index contributed by atoms with van der Waals surface area (Å²) in [6.07, 6.45) is 2.02. The van der Waals surface area contributed by atoms with Gasteiger partial charge in [0, 0.05) is 11.8 Å². The lowest BCUT2D eigenvalue weighted by atomic mass is 10.2. The van der Waals surface area contributed by atoms with Crippen molar-refractivity contribution in [2.45, 2.75) is 6.92 Å². The van der Waals surface area contributed by atoms with Crippen LogP contribution in [0.25, 0.3) is 5.69 Å². The molecule has 0 atom stereocenters. The van der Waals surface area contributed by atoms with Gasteiger partial charge in [-0.3, -0.25) is 9.59 Å². The average Bonchev–Trinajstić information content (AvgIpc) is 2.98. The summed E-state index contributed by atoms with van der Waals surface area (Å²) in [5.41, 5.74) is 0.915. The van der Waals surface area contributed by atoms with Gasteiger partial charge >= 0.3 is 5.97 Å². The van der Waals surface area contributed by atoms with Crippen molar-refractivity contribution in [2.24, 2.45) is 0 Å². The summed E-state index contributed by atoms with van der Waals surface area (Å²) < 4.78 is 11.4. The van der Waals surface area contributed by atoms with Crippen molar-refractivity contribution in [3.63, 3.8) is 0 Å². The molecule has 2 rings (SSSR count). The number of ether oxygens (including phenoxy) is 2. The number of hydrogen-bond acceptors (Lipinski definition) is 5. The molecule has 0 aliphatic heterocycles. The molecule has 1 aromatic heterocycles. The lowest BCUT2D eigenvalue weighted by molar-refractivity contribution is -0.137. The van der Waals surface area contributed by atoms with E-state index in [-0.39, 0.29) is 17.9 Å². The molecule has 114 valence electrons. The number of carbonyl (C=O) groups excluding carboxylic acids is 3. The van der Waals surface area contributed by atoms with Gasteiger partial charge in [-0.2, -0.15) is 0 Å². The van der Waals surface area contributed by atoms with E-state index in [0.29, 0.717) is 17.7 Å². The van der Waals surface area contributed by atoms with Crippen molar-refractivity contribution in [2.75, 3.05) is 13.7 Å². The van der Waals surface area contributed by atoms with Crippen LogP contribution in [0.1, 0.15) is 27.8 Å². The lowest BCUT2D eigenvalue weighted by Crippen LogP contribution is -2.16. The lowest BCUT2D eigenvalue weighted by Gasteiger charge is -2.10. The number of hydrogen-bond donors (Lipinski definition) is 0. The molecule has 6 nitrogen and oxygen atoms in total. The predicted molar refractivity (Wildman–Crippen MR) is 78.7 cm³/mol. The first-order valence-corrected chi connectivity index (χ1v) is 6.64. The van der Waals surface area contributed by atoms with Crippen LogP contribution in [0.5, 0.6) is 5.75 Å². The number of carbonyl (C=O) groups is 3. The molecule has 22 heavy (non-hydrogen) atoms. The molecular formula is C16H15NO5. The zero-order valence-corrected chi connectivity index (χ0v) is 12.2. The van der Waals surface area contributed by atoms with Gasteiger partial charge in [-0.05, 0) is 25.1 Å². The highest BCUT2D eigenvalue weighted by Crippen LogP contribution is 2.25. The van der Waals surface area contributed by atoms with E-state index in [4.69, 9.17) is 4.74 Å². The Bertz CT molecular complexity index is 717. The van der Waals surface area contributed by atoms with Crippen molar-refractivity contribution in [3.8, 4) is 11.4 Å². The zero-order chi connectivity index (χ0) is 16.1. The maximum atomic E-state index is 12.0. The standard InChI is InChI=1S/C16H15NO5/c1-3-22-16(20)15(19)11-8-12(10-18)17(9-11)13-6-4-5-7-14(13)21-2/h4-10H,3H2,1-2H3. The highest BCUT2D eigenvalue weighted by molar-refractivity contribution is 6.40. The first-order valence-electron chi connectivity index (χ1n) is 6.64. The number of esters is 1. The molecule has 0 amide bonds. The molecule has 0 spiro atoms. The zero-order valence-electron chi connectivity index (χ0n) is 12.2. The van der Waals surface area contributed by atoms with E-state index >= 15 is 0 Å². The van der Waals surface area contributed by atoms with Gasteiger partial charge in [0.25, 0.3) is 5.78 Å². The van der Waals surface area contributed by atoms with Crippen molar-refractivity contribution in [3.05, 3.63) is 47.8 Å². The summed E-state index contributed by atoms with van der Waals surface area (Å²) >= 11 is 0. The molecule has 0 saturated heterocycles. The van der Waals surface area contributed by atoms with Crippen LogP contribution in [0.4, 0.5) is 0 Å². The summed E-state index contributed by atoms with van der Waals surface area (Å²) in [5, 5.41) is 0. The van der Waals surface area contributed by atoms with E-state index in [1.54, 1.807) is 31.2 Å². The average molecular weight is 301 g/mol. The van der Waals surface area contributed by atoms with Crippen molar-refractivity contribution in [1.82, 2.24) is 4.57 Å². The summed E-state index contributed by atoms with van der Waals surface area (Å²) in [5.74, 6) is -1.20. The van der Waals surface area contributed by atoms with Gasteiger partial charge in [-0.15, -0.1) is 0 Å². The summed E-state index contributed by atoms with van der Waals surface area (Å²) in [7, 11) is 1.51. The van der Waals surface area contributed by atoms with E-state index in [1.165, 1.54) is 23.9 Å². The van der Waals surface area contributed by atoms with Crippen LogP contribution in [-0.4, -0.2) is 36.3 Å². The van der Waals surface area contributed by atoms with Crippen LogP contribution in [-0.2, 0) is 9.53 Å². The second kappa shape index (κ2) is 6.71. The molecule has 6 heteroatoms. The maximum absolute atomic E-state index is 12.0. The molecule has 0 aliphatic rings. The quantitative estimate of drug-likeness (QED) is 0.353. The Morgan fingerprint density at radius 1 is 1.27 bits per heavy atom. The Labute approximate surface area is 127 Å². The smallest absolute Gasteiger partial charge is 0.379 e. The predicted octanol–water partition coefficient (Wildman–Crippen LogP) is 2.04. The number of nitrogens with zero attached hydrogens (tertiary/aromatic N) is 1. The number of methoxy groups -OCH3 is 1. The van der Waals surface area contributed by atoms with Crippen molar-refractivity contribution < 1.29 is 23.9 Å². The normalized spacial score (nSPS) is 10.1. The van der Waals surface area contributed by atoms with Crippen LogP contribution in [0.3, 0.4) is 0 Å². The number of para-hydroxylation sites is 2. The SMILES string of the molecule is CCOC(=O)C(=O)c1cc(C=O)n(-c2ccccc2OC)c1. The minimum atomic E-state index is -0.947. The molecule has 0 radical (unpaired) electrons. The first-order chi connectivity index (χ1) is 10.6. The van der Waals surface area contributed by atoms with Crippen LogP contribution in [0.2, 0.25) is 0 Å². The molecule has 0 saturated carbocycles. The molecule has 1 aromatic carbocycles. The second-order valence-electron chi connectivity index (χ2n) is 4.36. The van der Waals surface area contributed by atoms with E-state index < -0.39 is 11.8 Å². The van der Waals surface area contributed by atoms with Gasteiger partial charge in [-0.1, -0.05) is 12.1 Å². The van der Waals surface area contributed by atoms with Crippen LogP contribution >= 0.6 is 0 Å². The van der Waals surface area contributed by atoms with Crippen LogP contribution < -0.4 is 4.74 Å². The van der Waals surface area contributed by atoms with Crippen molar-refractivity contribution >= 4 is 18.0 Å². The van der Waals surface area contributed by atoms with Gasteiger partial charge < -0.3 is 14.0 Å². The molecule has 0 fully saturated rings. The number of ketones is 1. The van der Waals surface area contributed by atoms with Gasteiger partial charge in [-0.25, -0.2) is 4.79 Å². The Morgan fingerprint density at radius 2 is 2.00 bits per heavy atom. The minimum absolute atomic E-state index is 0.0893. The van der Waals surface area contributed by atoms with Gasteiger partial charge in [0.1, 0.15) is 5.75 Å². The largest absolute Gasteiger partial charge is 0.495 e. The van der Waals surface area contributed by atoms with Crippen LogP contribution in [0, 0.1) is 0 Å². The van der Waals surface area contributed by atoms with Gasteiger partial charge in [0.15, 0.2) is 6.29 Å². The molecule has 0 unspecified atom stereocenters. The number of benzene rings is 1. The van der Waals surface area contributed by atoms with E-state index in [1.807, 2.05) is 0 Å². The number of rotatable bonds is 6. The molecule has 0 N–H and O–H groups in total. The Balaban J connectivity index is 2.48. The van der Waals surface area contributed by atoms with Crippen molar-refractivity contribution in [1.29, 1.82) is 0 Å². The van der Waals surface area contributed by atoms with E-state index in [2.05, 4.69) is 4.74 Å². The molecule has 2 aromatic rings. The Morgan fingerprint density at radius 3 is 2.64 bits per heavy atom. The fourth-order valence-corrected chi connectivity index (χ4v) is 2.05. The molecular weight excluding hydrogens is 286 g/mol. The Kier molecular flexibility index (Phi) is 4.73. The number of Topliss-reactive ketones (excluding diaryl/α,β-unsaturated/α-hetero) is 1. The summed E-state index contributed by atoms with van der Waals surface area (Å²) in [6, 6.07) is 8.39. The summed E-state index contributed by atoms with van der Waals surface area (Å²) in [6.45, 7) is 1.72. The van der Waals surface area contributed by atoms with Gasteiger partial charge in [0.05, 0.1) is 25.1 Å². The molecule has 0 bridgehead atoms. The fourth-order valence-electron chi connectivity index (χ4n) is 2.05. The van der Waals surface area contributed by atoms with Crippen LogP contribution in [0.15, 0.2) is 36.5 Å². The first kappa shape index (κ1) is 15.5. The molecule has 0 aliphatic carbocycles.